The van der Waals surface area contributed by atoms with Crippen molar-refractivity contribution >= 4 is 0 Å². The zero-order valence-electron chi connectivity index (χ0n) is 10.6. The van der Waals surface area contributed by atoms with Crippen molar-refractivity contribution in [3.63, 3.8) is 0 Å². The van der Waals surface area contributed by atoms with Gasteiger partial charge in [0.25, 0.3) is 0 Å². The molecule has 2 N–H and O–H groups in total. The Morgan fingerprint density at radius 1 is 0.933 bits per heavy atom. The highest BCUT2D eigenvalue weighted by Gasteiger charge is 2.11. The van der Waals surface area contributed by atoms with Gasteiger partial charge in [-0.15, -0.1) is 0 Å². The van der Waals surface area contributed by atoms with Crippen LogP contribution in [0.3, 0.4) is 0 Å². The molecular formula is C13H28O2. The van der Waals surface area contributed by atoms with Gasteiger partial charge in [0.05, 0.1) is 6.10 Å². The van der Waals surface area contributed by atoms with E-state index in [9.17, 15) is 5.11 Å². The molecule has 0 aliphatic carbocycles. The maximum Gasteiger partial charge on any atom is 0.0540 e. The van der Waals surface area contributed by atoms with Gasteiger partial charge in [0, 0.05) is 6.61 Å². The van der Waals surface area contributed by atoms with E-state index in [4.69, 9.17) is 5.11 Å². The normalized spacial score (nSPS) is 14.2. The second-order valence-electron chi connectivity index (χ2n) is 5.68. The third-order valence-corrected chi connectivity index (χ3v) is 2.66. The molecule has 0 spiro atoms. The van der Waals surface area contributed by atoms with Crippen molar-refractivity contribution in [3.8, 4) is 0 Å². The van der Waals surface area contributed by atoms with Crippen LogP contribution in [0.4, 0.5) is 0 Å². The van der Waals surface area contributed by atoms with Gasteiger partial charge in [-0.1, -0.05) is 40.0 Å². The third-order valence-electron chi connectivity index (χ3n) is 2.66. The van der Waals surface area contributed by atoms with Crippen LogP contribution in [-0.2, 0) is 0 Å². The minimum Gasteiger partial charge on any atom is -0.396 e. The number of aliphatic hydroxyl groups is 2. The molecule has 0 radical (unpaired) electrons. The second-order valence-corrected chi connectivity index (χ2v) is 5.68. The minimum atomic E-state index is -0.133. The van der Waals surface area contributed by atoms with Gasteiger partial charge in [-0.3, -0.25) is 0 Å². The molecule has 0 bridgehead atoms. The Bertz CT molecular complexity index is 138. The van der Waals surface area contributed by atoms with Gasteiger partial charge in [0.2, 0.25) is 0 Å². The molecule has 0 aliphatic heterocycles. The summed E-state index contributed by atoms with van der Waals surface area (Å²) in [6.07, 6.45) is 6.93. The first-order chi connectivity index (χ1) is 6.95. The zero-order chi connectivity index (χ0) is 11.7. The molecule has 2 nitrogen and oxygen atoms in total. The van der Waals surface area contributed by atoms with Crippen LogP contribution in [0.15, 0.2) is 0 Å². The van der Waals surface area contributed by atoms with Crippen LogP contribution in [0.2, 0.25) is 0 Å². The molecule has 0 aromatic carbocycles. The van der Waals surface area contributed by atoms with E-state index in [0.717, 1.165) is 38.5 Å². The lowest BCUT2D eigenvalue weighted by Crippen LogP contribution is -2.10. The van der Waals surface area contributed by atoms with E-state index in [1.54, 1.807) is 0 Å². The largest absolute Gasteiger partial charge is 0.396 e. The van der Waals surface area contributed by atoms with Crippen LogP contribution in [0.5, 0.6) is 0 Å². The number of hydrogen-bond donors (Lipinski definition) is 2. The SMILES string of the molecule is CC(C)(C)CCC[C@H](O)CCCCCO. The lowest BCUT2D eigenvalue weighted by molar-refractivity contribution is 0.142. The summed E-state index contributed by atoms with van der Waals surface area (Å²) >= 11 is 0. The van der Waals surface area contributed by atoms with Gasteiger partial charge in [-0.25, -0.2) is 0 Å². The van der Waals surface area contributed by atoms with Crippen LogP contribution in [0.25, 0.3) is 0 Å². The summed E-state index contributed by atoms with van der Waals surface area (Å²) in [7, 11) is 0. The van der Waals surface area contributed by atoms with E-state index in [1.807, 2.05) is 0 Å². The summed E-state index contributed by atoms with van der Waals surface area (Å²) in [6.45, 7) is 6.99. The maximum absolute atomic E-state index is 9.68. The van der Waals surface area contributed by atoms with E-state index < -0.39 is 0 Å². The van der Waals surface area contributed by atoms with Crippen LogP contribution >= 0.6 is 0 Å². The fourth-order valence-electron chi connectivity index (χ4n) is 1.68. The zero-order valence-corrected chi connectivity index (χ0v) is 10.6. The Morgan fingerprint density at radius 2 is 1.53 bits per heavy atom. The maximum atomic E-state index is 9.68. The average molecular weight is 216 g/mol. The highest BCUT2D eigenvalue weighted by Crippen LogP contribution is 2.22. The van der Waals surface area contributed by atoms with Gasteiger partial charge < -0.3 is 10.2 Å². The van der Waals surface area contributed by atoms with Gasteiger partial charge in [0.15, 0.2) is 0 Å². The molecule has 0 aromatic heterocycles. The van der Waals surface area contributed by atoms with E-state index in [1.165, 1.54) is 6.42 Å². The van der Waals surface area contributed by atoms with Gasteiger partial charge in [-0.2, -0.15) is 0 Å². The molecule has 15 heavy (non-hydrogen) atoms. The van der Waals surface area contributed by atoms with Crippen LogP contribution in [-0.4, -0.2) is 22.9 Å². The fraction of sp³-hybridized carbons (Fsp3) is 1.00. The van der Waals surface area contributed by atoms with Gasteiger partial charge >= 0.3 is 0 Å². The molecule has 0 aromatic rings. The van der Waals surface area contributed by atoms with Crippen LogP contribution < -0.4 is 0 Å². The molecule has 0 heterocycles. The monoisotopic (exact) mass is 216 g/mol. The first-order valence-corrected chi connectivity index (χ1v) is 6.24. The van der Waals surface area contributed by atoms with Crippen molar-refractivity contribution in [1.82, 2.24) is 0 Å². The molecular weight excluding hydrogens is 188 g/mol. The second kappa shape index (κ2) is 8.12. The summed E-state index contributed by atoms with van der Waals surface area (Å²) in [4.78, 5) is 0. The topological polar surface area (TPSA) is 40.5 Å². The molecule has 1 atom stereocenters. The Kier molecular flexibility index (Phi) is 8.07. The highest BCUT2D eigenvalue weighted by molar-refractivity contribution is 4.64. The highest BCUT2D eigenvalue weighted by atomic mass is 16.3. The molecule has 0 fully saturated rings. The summed E-state index contributed by atoms with van der Waals surface area (Å²) in [6, 6.07) is 0. The summed E-state index contributed by atoms with van der Waals surface area (Å²) in [5, 5.41) is 18.3. The van der Waals surface area contributed by atoms with E-state index in [-0.39, 0.29) is 12.7 Å². The Balaban J connectivity index is 3.29. The predicted molar refractivity (Wildman–Crippen MR) is 64.9 cm³/mol. The van der Waals surface area contributed by atoms with Crippen molar-refractivity contribution < 1.29 is 10.2 Å². The third kappa shape index (κ3) is 11.8. The van der Waals surface area contributed by atoms with Crippen molar-refractivity contribution in [2.45, 2.75) is 71.8 Å². The Morgan fingerprint density at radius 3 is 2.07 bits per heavy atom. The molecule has 0 unspecified atom stereocenters. The van der Waals surface area contributed by atoms with Crippen LogP contribution in [0, 0.1) is 5.41 Å². The van der Waals surface area contributed by atoms with E-state index in [0.29, 0.717) is 5.41 Å². The lowest BCUT2D eigenvalue weighted by Gasteiger charge is -2.19. The Labute approximate surface area is 94.7 Å². The minimum absolute atomic E-state index is 0.133. The number of hydrogen-bond acceptors (Lipinski definition) is 2. The van der Waals surface area contributed by atoms with E-state index >= 15 is 0 Å². The van der Waals surface area contributed by atoms with Gasteiger partial charge in [0.1, 0.15) is 0 Å². The van der Waals surface area contributed by atoms with Crippen molar-refractivity contribution in [2.75, 3.05) is 6.61 Å². The molecule has 0 aliphatic rings. The van der Waals surface area contributed by atoms with Gasteiger partial charge in [-0.05, 0) is 31.1 Å². The number of unbranched alkanes of at least 4 members (excludes halogenated alkanes) is 2. The first kappa shape index (κ1) is 14.9. The lowest BCUT2D eigenvalue weighted by atomic mass is 9.89. The predicted octanol–water partition coefficient (Wildman–Crippen LogP) is 3.12. The van der Waals surface area contributed by atoms with Crippen LogP contribution in [0.1, 0.15) is 65.7 Å². The molecule has 0 saturated carbocycles. The molecule has 0 amide bonds. The summed E-state index contributed by atoms with van der Waals surface area (Å²) in [5.41, 5.74) is 0.386. The summed E-state index contributed by atoms with van der Waals surface area (Å²) in [5.74, 6) is 0. The molecule has 92 valence electrons. The standard InChI is InChI=1S/C13H28O2/c1-13(2,3)10-7-9-12(15)8-5-4-6-11-14/h12,14-15H,4-11H2,1-3H3/t12-/m1/s1. The fourth-order valence-corrected chi connectivity index (χ4v) is 1.68. The Hall–Kier alpha value is -0.0800. The smallest absolute Gasteiger partial charge is 0.0540 e. The summed E-state index contributed by atoms with van der Waals surface area (Å²) < 4.78 is 0. The van der Waals surface area contributed by atoms with Crippen molar-refractivity contribution in [2.24, 2.45) is 5.41 Å². The molecule has 2 heteroatoms. The molecule has 0 saturated heterocycles. The average Bonchev–Trinajstić information content (AvgIpc) is 2.10. The molecule has 0 rings (SSSR count). The van der Waals surface area contributed by atoms with Crippen molar-refractivity contribution in [1.29, 1.82) is 0 Å². The van der Waals surface area contributed by atoms with E-state index in [2.05, 4.69) is 20.8 Å². The first-order valence-electron chi connectivity index (χ1n) is 6.24. The number of aliphatic hydroxyl groups excluding tert-OH is 2. The number of rotatable bonds is 8. The quantitative estimate of drug-likeness (QED) is 0.612. The van der Waals surface area contributed by atoms with Crippen molar-refractivity contribution in [3.05, 3.63) is 0 Å².